The molecular formula is C48H31N3S. The molecule has 0 fully saturated rings. The lowest BCUT2D eigenvalue weighted by molar-refractivity contribution is 1.17. The molecule has 11 aromatic rings. The number of thiophene rings is 1. The van der Waals surface area contributed by atoms with Crippen LogP contribution >= 0.6 is 11.3 Å². The summed E-state index contributed by atoms with van der Waals surface area (Å²) < 4.78 is 7.53. The SMILES string of the molecule is c1ccc(N(c2ccccc2)c2ccc3sc4c(ccc5c4c4c(ccc6c7ccccc7n(-c7ccccc7)c64)n5-c4ccccc4)c3c2)cc1. The Balaban J connectivity index is 1.28. The van der Waals surface area contributed by atoms with Crippen molar-refractivity contribution in [3.8, 4) is 11.4 Å². The summed E-state index contributed by atoms with van der Waals surface area (Å²) in [6, 6.07) is 68.1. The van der Waals surface area contributed by atoms with Gasteiger partial charge >= 0.3 is 0 Å². The van der Waals surface area contributed by atoms with Crippen molar-refractivity contribution in [3.05, 3.63) is 188 Å². The molecule has 8 aromatic carbocycles. The smallest absolute Gasteiger partial charge is 0.0641 e. The second kappa shape index (κ2) is 11.5. The minimum atomic E-state index is 1.14. The van der Waals surface area contributed by atoms with Crippen molar-refractivity contribution in [2.45, 2.75) is 0 Å². The minimum Gasteiger partial charge on any atom is -0.310 e. The van der Waals surface area contributed by atoms with Gasteiger partial charge in [-0.15, -0.1) is 11.3 Å². The fraction of sp³-hybridized carbons (Fsp3) is 0. The van der Waals surface area contributed by atoms with E-state index in [1.807, 2.05) is 11.3 Å². The highest BCUT2D eigenvalue weighted by molar-refractivity contribution is 7.26. The summed E-state index contributed by atoms with van der Waals surface area (Å²) in [4.78, 5) is 2.35. The van der Waals surface area contributed by atoms with Crippen LogP contribution in [0.2, 0.25) is 0 Å². The van der Waals surface area contributed by atoms with Crippen LogP contribution in [0.15, 0.2) is 188 Å². The largest absolute Gasteiger partial charge is 0.310 e. The lowest BCUT2D eigenvalue weighted by Crippen LogP contribution is -2.09. The molecule has 0 amide bonds. The zero-order valence-electron chi connectivity index (χ0n) is 28.1. The average molecular weight is 682 g/mol. The number of aromatic nitrogens is 2. The van der Waals surface area contributed by atoms with Gasteiger partial charge in [0.25, 0.3) is 0 Å². The fourth-order valence-corrected chi connectivity index (χ4v) is 9.53. The van der Waals surface area contributed by atoms with E-state index in [1.165, 1.54) is 63.8 Å². The van der Waals surface area contributed by atoms with Gasteiger partial charge in [-0.2, -0.15) is 0 Å². The van der Waals surface area contributed by atoms with E-state index in [4.69, 9.17) is 0 Å². The number of anilines is 3. The highest BCUT2D eigenvalue weighted by Gasteiger charge is 2.24. The molecule has 0 aliphatic rings. The molecule has 3 nitrogen and oxygen atoms in total. The van der Waals surface area contributed by atoms with Crippen molar-refractivity contribution in [1.29, 1.82) is 0 Å². The second-order valence-electron chi connectivity index (χ2n) is 13.3. The van der Waals surface area contributed by atoms with Gasteiger partial charge in [-0.1, -0.05) is 103 Å². The second-order valence-corrected chi connectivity index (χ2v) is 14.4. The Bertz CT molecular complexity index is 3060. The summed E-state index contributed by atoms with van der Waals surface area (Å²) >= 11 is 1.90. The number of nitrogens with zero attached hydrogens (tertiary/aromatic N) is 3. The Labute approximate surface area is 304 Å². The van der Waals surface area contributed by atoms with Crippen molar-refractivity contribution in [2.24, 2.45) is 0 Å². The van der Waals surface area contributed by atoms with Gasteiger partial charge in [0.1, 0.15) is 0 Å². The van der Waals surface area contributed by atoms with Gasteiger partial charge in [0.05, 0.1) is 22.1 Å². The van der Waals surface area contributed by atoms with Gasteiger partial charge in [-0.25, -0.2) is 0 Å². The van der Waals surface area contributed by atoms with Crippen molar-refractivity contribution in [3.63, 3.8) is 0 Å². The summed E-state index contributed by atoms with van der Waals surface area (Å²) in [5, 5.41) is 7.66. The van der Waals surface area contributed by atoms with Crippen molar-refractivity contribution < 1.29 is 0 Å². The Morgan fingerprint density at radius 1 is 0.365 bits per heavy atom. The van der Waals surface area contributed by atoms with Crippen LogP contribution in [0.1, 0.15) is 0 Å². The zero-order chi connectivity index (χ0) is 34.2. The quantitative estimate of drug-likeness (QED) is 0.176. The molecule has 3 aromatic heterocycles. The van der Waals surface area contributed by atoms with Crippen molar-refractivity contribution in [1.82, 2.24) is 9.13 Å². The summed E-state index contributed by atoms with van der Waals surface area (Å²) in [6.07, 6.45) is 0. The van der Waals surface area contributed by atoms with E-state index in [1.54, 1.807) is 0 Å². The van der Waals surface area contributed by atoms with E-state index in [-0.39, 0.29) is 0 Å². The van der Waals surface area contributed by atoms with Gasteiger partial charge in [0, 0.05) is 70.2 Å². The average Bonchev–Trinajstić information content (AvgIpc) is 3.87. The summed E-state index contributed by atoms with van der Waals surface area (Å²) in [7, 11) is 0. The molecule has 0 spiro atoms. The lowest BCUT2D eigenvalue weighted by atomic mass is 10.0. The van der Waals surface area contributed by atoms with E-state index in [0.29, 0.717) is 0 Å². The molecule has 0 saturated carbocycles. The normalized spacial score (nSPS) is 11.8. The van der Waals surface area contributed by atoms with E-state index in [9.17, 15) is 0 Å². The zero-order valence-corrected chi connectivity index (χ0v) is 29.0. The predicted octanol–water partition coefficient (Wildman–Crippen LogP) is 13.7. The Hall–Kier alpha value is -6.62. The van der Waals surface area contributed by atoms with Crippen LogP contribution in [-0.4, -0.2) is 9.13 Å². The standard InChI is InChI=1S/C48H31N3S/c1-5-15-32(16-6-1)49(33-17-7-2-8-18-33)36-25-30-44-40(31-36)39-27-29-43-46(48(39)52-44)45-42(50(43)34-19-9-3-10-20-34)28-26-38-37-23-13-14-24-41(37)51(47(38)45)35-21-11-4-12-22-35/h1-31H. The fourth-order valence-electron chi connectivity index (χ4n) is 8.30. The predicted molar refractivity (Wildman–Crippen MR) is 223 cm³/mol. The molecule has 0 N–H and O–H groups in total. The molecule has 52 heavy (non-hydrogen) atoms. The number of para-hydroxylation sites is 5. The molecule has 0 saturated heterocycles. The molecule has 0 unspecified atom stereocenters. The van der Waals surface area contributed by atoms with Crippen LogP contribution in [0.25, 0.3) is 75.2 Å². The summed E-state index contributed by atoms with van der Waals surface area (Å²) in [5.74, 6) is 0. The monoisotopic (exact) mass is 681 g/mol. The maximum absolute atomic E-state index is 2.48. The molecule has 0 radical (unpaired) electrons. The first-order valence-electron chi connectivity index (χ1n) is 17.7. The molecule has 0 atom stereocenters. The van der Waals surface area contributed by atoms with Crippen molar-refractivity contribution in [2.75, 3.05) is 4.90 Å². The molecule has 4 heteroatoms. The number of hydrogen-bond donors (Lipinski definition) is 0. The van der Waals surface area contributed by atoms with E-state index < -0.39 is 0 Å². The molecule has 11 rings (SSSR count). The Kier molecular flexibility index (Phi) is 6.42. The number of fused-ring (bicyclic) bond motifs is 11. The van der Waals surface area contributed by atoms with Crippen LogP contribution < -0.4 is 4.90 Å². The molecule has 0 aliphatic heterocycles. The topological polar surface area (TPSA) is 13.1 Å². The Morgan fingerprint density at radius 3 is 1.60 bits per heavy atom. The van der Waals surface area contributed by atoms with Gasteiger partial charge in [0.15, 0.2) is 0 Å². The third-order valence-corrected chi connectivity index (χ3v) is 11.7. The van der Waals surface area contributed by atoms with Crippen LogP contribution in [0.5, 0.6) is 0 Å². The van der Waals surface area contributed by atoms with Gasteiger partial charge in [-0.3, -0.25) is 0 Å². The van der Waals surface area contributed by atoms with E-state index in [0.717, 1.165) is 28.4 Å². The van der Waals surface area contributed by atoms with Crippen LogP contribution in [0.4, 0.5) is 17.1 Å². The minimum absolute atomic E-state index is 1.14. The maximum Gasteiger partial charge on any atom is 0.0641 e. The highest BCUT2D eigenvalue weighted by atomic mass is 32.1. The highest BCUT2D eigenvalue weighted by Crippen LogP contribution is 2.48. The number of benzene rings is 8. The first-order valence-corrected chi connectivity index (χ1v) is 18.5. The third kappa shape index (κ3) is 4.25. The molecule has 0 bridgehead atoms. The van der Waals surface area contributed by atoms with Crippen LogP contribution in [0, 0.1) is 0 Å². The van der Waals surface area contributed by atoms with E-state index in [2.05, 4.69) is 202 Å². The lowest BCUT2D eigenvalue weighted by Gasteiger charge is -2.25. The van der Waals surface area contributed by atoms with Gasteiger partial charge < -0.3 is 14.0 Å². The van der Waals surface area contributed by atoms with Crippen LogP contribution in [0.3, 0.4) is 0 Å². The molecule has 244 valence electrons. The molecule has 0 aliphatic carbocycles. The number of rotatable bonds is 5. The maximum atomic E-state index is 2.48. The number of hydrogen-bond acceptors (Lipinski definition) is 2. The molecule has 3 heterocycles. The Morgan fingerprint density at radius 2 is 0.923 bits per heavy atom. The van der Waals surface area contributed by atoms with Crippen molar-refractivity contribution >= 4 is 92.2 Å². The van der Waals surface area contributed by atoms with Gasteiger partial charge in [0.2, 0.25) is 0 Å². The molecular weight excluding hydrogens is 651 g/mol. The van der Waals surface area contributed by atoms with Crippen LogP contribution in [-0.2, 0) is 0 Å². The summed E-state index contributed by atoms with van der Waals surface area (Å²) in [6.45, 7) is 0. The van der Waals surface area contributed by atoms with Gasteiger partial charge in [-0.05, 0) is 84.9 Å². The van der Waals surface area contributed by atoms with E-state index >= 15 is 0 Å². The third-order valence-electron chi connectivity index (χ3n) is 10.5. The summed E-state index contributed by atoms with van der Waals surface area (Å²) in [5.41, 5.74) is 10.6. The first kappa shape index (κ1) is 29.1. The first-order chi connectivity index (χ1) is 25.8.